The highest BCUT2D eigenvalue weighted by molar-refractivity contribution is 5.89. The second-order valence-corrected chi connectivity index (χ2v) is 5.49. The fraction of sp³-hybridized carbons (Fsp3) is 0.467. The van der Waals surface area contributed by atoms with E-state index in [0.29, 0.717) is 26.1 Å². The second-order valence-electron chi connectivity index (χ2n) is 5.49. The number of anilines is 1. The number of carbonyl (C=O) groups is 2. The Morgan fingerprint density at radius 3 is 2.38 bits per heavy atom. The molecule has 0 aliphatic carbocycles. The van der Waals surface area contributed by atoms with Gasteiger partial charge in [0.1, 0.15) is 5.82 Å². The van der Waals surface area contributed by atoms with Crippen LogP contribution in [0.5, 0.6) is 0 Å². The maximum atomic E-state index is 12.9. The molecule has 2 fully saturated rings. The van der Waals surface area contributed by atoms with Crippen molar-refractivity contribution in [3.63, 3.8) is 0 Å². The lowest BCUT2D eigenvalue weighted by atomic mass is 10.1. The van der Waals surface area contributed by atoms with Crippen LogP contribution in [0.25, 0.3) is 0 Å². The van der Waals surface area contributed by atoms with Gasteiger partial charge in [0, 0.05) is 44.8 Å². The van der Waals surface area contributed by atoms with Crippen LogP contribution < -0.4 is 10.2 Å². The van der Waals surface area contributed by atoms with Crippen LogP contribution in [-0.2, 0) is 9.59 Å². The van der Waals surface area contributed by atoms with Gasteiger partial charge in [-0.15, -0.1) is 0 Å². The van der Waals surface area contributed by atoms with Crippen LogP contribution in [0.4, 0.5) is 10.1 Å². The Morgan fingerprint density at radius 1 is 1.14 bits per heavy atom. The van der Waals surface area contributed by atoms with Gasteiger partial charge >= 0.3 is 0 Å². The normalized spacial score (nSPS) is 22.3. The first-order chi connectivity index (χ1) is 10.1. The molecule has 6 heteroatoms. The number of piperazine rings is 1. The highest BCUT2D eigenvalue weighted by Crippen LogP contribution is 2.19. The highest BCUT2D eigenvalue weighted by atomic mass is 19.1. The summed E-state index contributed by atoms with van der Waals surface area (Å²) in [5.41, 5.74) is 0.973. The van der Waals surface area contributed by atoms with Crippen molar-refractivity contribution in [2.75, 3.05) is 37.6 Å². The molecule has 0 bridgehead atoms. The molecule has 1 N–H and O–H groups in total. The number of nitrogens with one attached hydrogen (secondary N) is 1. The predicted octanol–water partition coefficient (Wildman–Crippen LogP) is 0.610. The van der Waals surface area contributed by atoms with Crippen LogP contribution in [-0.4, -0.2) is 49.4 Å². The number of carbonyl (C=O) groups excluding carboxylic acids is 2. The van der Waals surface area contributed by atoms with Gasteiger partial charge in [-0.05, 0) is 24.3 Å². The molecule has 1 atom stereocenters. The van der Waals surface area contributed by atoms with Gasteiger partial charge in [0.25, 0.3) is 0 Å². The Kier molecular flexibility index (Phi) is 3.77. The quantitative estimate of drug-likeness (QED) is 0.868. The summed E-state index contributed by atoms with van der Waals surface area (Å²) in [5.74, 6) is -0.439. The van der Waals surface area contributed by atoms with Crippen molar-refractivity contribution in [3.8, 4) is 0 Å². The molecular weight excluding hydrogens is 273 g/mol. The van der Waals surface area contributed by atoms with E-state index in [1.807, 2.05) is 4.90 Å². The standard InChI is InChI=1S/C15H18FN3O2/c16-12-1-3-13(4-2-12)18-5-7-19(8-6-18)15(21)11-9-14(20)17-10-11/h1-4,11H,5-10H2,(H,17,20). The molecule has 0 spiro atoms. The number of benzene rings is 1. The molecule has 1 aromatic carbocycles. The molecule has 0 saturated carbocycles. The van der Waals surface area contributed by atoms with E-state index in [2.05, 4.69) is 10.2 Å². The highest BCUT2D eigenvalue weighted by Gasteiger charge is 2.32. The topological polar surface area (TPSA) is 52.7 Å². The van der Waals surface area contributed by atoms with Gasteiger partial charge in [0.05, 0.1) is 5.92 Å². The third kappa shape index (κ3) is 2.99. The van der Waals surface area contributed by atoms with Crippen molar-refractivity contribution in [2.24, 2.45) is 5.92 Å². The molecule has 112 valence electrons. The molecule has 2 aliphatic heterocycles. The monoisotopic (exact) mass is 291 g/mol. The summed E-state index contributed by atoms with van der Waals surface area (Å²) >= 11 is 0. The second kappa shape index (κ2) is 5.71. The first-order valence-corrected chi connectivity index (χ1v) is 7.19. The van der Waals surface area contributed by atoms with Gasteiger partial charge < -0.3 is 15.1 Å². The lowest BCUT2D eigenvalue weighted by molar-refractivity contribution is -0.136. The summed E-state index contributed by atoms with van der Waals surface area (Å²) in [6.07, 6.45) is 0.303. The van der Waals surface area contributed by atoms with Crippen molar-refractivity contribution in [2.45, 2.75) is 6.42 Å². The minimum absolute atomic E-state index is 0.0432. The molecular formula is C15H18FN3O2. The van der Waals surface area contributed by atoms with Crippen LogP contribution in [0, 0.1) is 11.7 Å². The lowest BCUT2D eigenvalue weighted by Crippen LogP contribution is -2.50. The Labute approximate surface area is 122 Å². The summed E-state index contributed by atoms with van der Waals surface area (Å²) in [6.45, 7) is 3.19. The summed E-state index contributed by atoms with van der Waals surface area (Å²) in [5, 5.41) is 2.70. The molecule has 2 amide bonds. The molecule has 21 heavy (non-hydrogen) atoms. The smallest absolute Gasteiger partial charge is 0.228 e. The van der Waals surface area contributed by atoms with Crippen LogP contribution in [0.1, 0.15) is 6.42 Å². The average Bonchev–Trinajstić information content (AvgIpc) is 2.94. The van der Waals surface area contributed by atoms with E-state index >= 15 is 0 Å². The van der Waals surface area contributed by atoms with E-state index in [-0.39, 0.29) is 23.5 Å². The molecule has 0 aromatic heterocycles. The van der Waals surface area contributed by atoms with Crippen LogP contribution >= 0.6 is 0 Å². The molecule has 5 nitrogen and oxygen atoms in total. The maximum absolute atomic E-state index is 12.9. The van der Waals surface area contributed by atoms with E-state index in [1.165, 1.54) is 12.1 Å². The average molecular weight is 291 g/mol. The van der Waals surface area contributed by atoms with Crippen molar-refractivity contribution in [3.05, 3.63) is 30.1 Å². The SMILES string of the molecule is O=C1CC(C(=O)N2CCN(c3ccc(F)cc3)CC2)CN1. The predicted molar refractivity (Wildman–Crippen MR) is 76.3 cm³/mol. The van der Waals surface area contributed by atoms with E-state index in [9.17, 15) is 14.0 Å². The van der Waals surface area contributed by atoms with Gasteiger partial charge in [0.15, 0.2) is 0 Å². The van der Waals surface area contributed by atoms with E-state index < -0.39 is 0 Å². The third-order valence-electron chi connectivity index (χ3n) is 4.11. The number of halogens is 1. The van der Waals surface area contributed by atoms with Gasteiger partial charge in [-0.25, -0.2) is 4.39 Å². The molecule has 2 aliphatic rings. The summed E-state index contributed by atoms with van der Waals surface area (Å²) in [6, 6.07) is 6.41. The Balaban J connectivity index is 1.56. The van der Waals surface area contributed by atoms with Gasteiger partial charge in [-0.1, -0.05) is 0 Å². The van der Waals surface area contributed by atoms with Gasteiger partial charge in [-0.3, -0.25) is 9.59 Å². The van der Waals surface area contributed by atoms with Crippen molar-refractivity contribution < 1.29 is 14.0 Å². The van der Waals surface area contributed by atoms with Crippen LogP contribution in [0.2, 0.25) is 0 Å². The summed E-state index contributed by atoms with van der Waals surface area (Å²) < 4.78 is 12.9. The van der Waals surface area contributed by atoms with E-state index in [0.717, 1.165) is 18.8 Å². The molecule has 2 heterocycles. The van der Waals surface area contributed by atoms with E-state index in [1.54, 1.807) is 12.1 Å². The number of hydrogen-bond acceptors (Lipinski definition) is 3. The largest absolute Gasteiger partial charge is 0.368 e. The number of rotatable bonds is 2. The molecule has 3 rings (SSSR count). The van der Waals surface area contributed by atoms with Gasteiger partial charge in [0.2, 0.25) is 11.8 Å². The van der Waals surface area contributed by atoms with Crippen molar-refractivity contribution >= 4 is 17.5 Å². The zero-order valence-corrected chi connectivity index (χ0v) is 11.7. The third-order valence-corrected chi connectivity index (χ3v) is 4.11. The Bertz CT molecular complexity index is 538. The fourth-order valence-corrected chi connectivity index (χ4v) is 2.87. The Hall–Kier alpha value is -2.11. The first-order valence-electron chi connectivity index (χ1n) is 7.19. The van der Waals surface area contributed by atoms with Crippen LogP contribution in [0.3, 0.4) is 0 Å². The number of nitrogens with zero attached hydrogens (tertiary/aromatic N) is 2. The Morgan fingerprint density at radius 2 is 1.81 bits per heavy atom. The minimum atomic E-state index is -0.244. The van der Waals surface area contributed by atoms with Gasteiger partial charge in [-0.2, -0.15) is 0 Å². The minimum Gasteiger partial charge on any atom is -0.368 e. The molecule has 1 unspecified atom stereocenters. The summed E-state index contributed by atoms with van der Waals surface area (Å²) in [4.78, 5) is 27.4. The zero-order valence-electron chi connectivity index (χ0n) is 11.7. The maximum Gasteiger partial charge on any atom is 0.228 e. The fourth-order valence-electron chi connectivity index (χ4n) is 2.87. The zero-order chi connectivity index (χ0) is 14.8. The van der Waals surface area contributed by atoms with Crippen LogP contribution in [0.15, 0.2) is 24.3 Å². The first kappa shape index (κ1) is 13.9. The molecule has 2 saturated heterocycles. The summed E-state index contributed by atoms with van der Waals surface area (Å²) in [7, 11) is 0. The van der Waals surface area contributed by atoms with E-state index in [4.69, 9.17) is 0 Å². The number of amides is 2. The molecule has 0 radical (unpaired) electrons. The lowest BCUT2D eigenvalue weighted by Gasteiger charge is -2.37. The molecule has 1 aromatic rings. The number of hydrogen-bond donors (Lipinski definition) is 1. The van der Waals surface area contributed by atoms with Crippen molar-refractivity contribution in [1.82, 2.24) is 10.2 Å². The van der Waals surface area contributed by atoms with Crippen molar-refractivity contribution in [1.29, 1.82) is 0 Å².